The molecule has 5 N–H and O–H groups in total. The Labute approximate surface area is 116 Å². The van der Waals surface area contributed by atoms with Crippen molar-refractivity contribution in [3.63, 3.8) is 0 Å². The third kappa shape index (κ3) is 2.60. The van der Waals surface area contributed by atoms with E-state index < -0.39 is 11.4 Å². The average Bonchev–Trinajstić information content (AvgIpc) is 2.88. The number of amides is 1. The Hall–Kier alpha value is -2.08. The molecule has 0 saturated heterocycles. The van der Waals surface area contributed by atoms with E-state index >= 15 is 0 Å². The number of carboxylic acid groups (broad SMARTS) is 1. The minimum absolute atomic E-state index is 0.167. The lowest BCUT2D eigenvalue weighted by atomic mass is 9.85. The fraction of sp³-hybridized carbons (Fsp3) is 0.429. The molecular formula is C14H18N2O4. The van der Waals surface area contributed by atoms with Gasteiger partial charge < -0.3 is 21.3 Å². The second-order valence-corrected chi connectivity index (χ2v) is 5.18. The second-order valence-electron chi connectivity index (χ2n) is 5.18. The van der Waals surface area contributed by atoms with Crippen LogP contribution in [-0.4, -0.2) is 28.6 Å². The van der Waals surface area contributed by atoms with Gasteiger partial charge in [0.25, 0.3) is 0 Å². The van der Waals surface area contributed by atoms with Gasteiger partial charge >= 0.3 is 5.97 Å². The van der Waals surface area contributed by atoms with Crippen LogP contribution in [0.1, 0.15) is 36.0 Å². The molecule has 0 bridgehead atoms. The lowest BCUT2D eigenvalue weighted by molar-refractivity contribution is -0.124. The maximum absolute atomic E-state index is 12.3. The van der Waals surface area contributed by atoms with Crippen molar-refractivity contribution in [2.45, 2.75) is 25.7 Å². The first kappa shape index (κ1) is 14.3. The van der Waals surface area contributed by atoms with E-state index in [2.05, 4.69) is 5.32 Å². The molecule has 2 rings (SSSR count). The standard InChI is InChI=1S/C14H18N2O4/c15-8-14(5-1-2-6-14)13(20)16-9-3-4-10(12(18)19)11(17)7-9/h3-4,7,17H,1-2,5-6,8,15H2,(H,16,20)(H,18,19). The average molecular weight is 278 g/mol. The van der Waals surface area contributed by atoms with Gasteiger partial charge in [-0.25, -0.2) is 4.79 Å². The highest BCUT2D eigenvalue weighted by Crippen LogP contribution is 2.38. The molecule has 0 heterocycles. The Morgan fingerprint density at radius 3 is 2.45 bits per heavy atom. The number of hydrogen-bond donors (Lipinski definition) is 4. The maximum Gasteiger partial charge on any atom is 0.339 e. The van der Waals surface area contributed by atoms with Crippen molar-refractivity contribution in [1.29, 1.82) is 0 Å². The summed E-state index contributed by atoms with van der Waals surface area (Å²) in [4.78, 5) is 23.1. The van der Waals surface area contributed by atoms with Crippen LogP contribution in [0.2, 0.25) is 0 Å². The van der Waals surface area contributed by atoms with Crippen LogP contribution in [0.25, 0.3) is 0 Å². The molecule has 0 atom stereocenters. The van der Waals surface area contributed by atoms with Crippen LogP contribution in [0.5, 0.6) is 5.75 Å². The van der Waals surface area contributed by atoms with E-state index in [1.807, 2.05) is 0 Å². The molecule has 1 amide bonds. The predicted molar refractivity (Wildman–Crippen MR) is 73.7 cm³/mol. The largest absolute Gasteiger partial charge is 0.507 e. The molecule has 0 aliphatic heterocycles. The van der Waals surface area contributed by atoms with Crippen molar-refractivity contribution in [3.8, 4) is 5.75 Å². The van der Waals surface area contributed by atoms with Crippen molar-refractivity contribution in [3.05, 3.63) is 23.8 Å². The summed E-state index contributed by atoms with van der Waals surface area (Å²) in [5.41, 5.74) is 5.36. The highest BCUT2D eigenvalue weighted by Gasteiger charge is 2.39. The van der Waals surface area contributed by atoms with Gasteiger partial charge in [-0.1, -0.05) is 12.8 Å². The van der Waals surface area contributed by atoms with Crippen LogP contribution >= 0.6 is 0 Å². The summed E-state index contributed by atoms with van der Waals surface area (Å²) in [6.07, 6.45) is 3.48. The Kier molecular flexibility index (Phi) is 3.94. The molecule has 1 aliphatic rings. The summed E-state index contributed by atoms with van der Waals surface area (Å²) in [7, 11) is 0. The zero-order valence-electron chi connectivity index (χ0n) is 11.1. The predicted octanol–water partition coefficient (Wildman–Crippen LogP) is 1.55. The molecule has 1 aliphatic carbocycles. The first-order chi connectivity index (χ1) is 9.48. The zero-order chi connectivity index (χ0) is 14.8. The maximum atomic E-state index is 12.3. The topological polar surface area (TPSA) is 113 Å². The summed E-state index contributed by atoms with van der Waals surface area (Å²) in [6.45, 7) is 0.290. The molecule has 0 unspecified atom stereocenters. The van der Waals surface area contributed by atoms with Crippen molar-refractivity contribution >= 4 is 17.6 Å². The molecule has 0 spiro atoms. The van der Waals surface area contributed by atoms with Crippen molar-refractivity contribution < 1.29 is 19.8 Å². The lowest BCUT2D eigenvalue weighted by Crippen LogP contribution is -2.40. The smallest absolute Gasteiger partial charge is 0.339 e. The number of rotatable bonds is 4. The van der Waals surface area contributed by atoms with E-state index in [1.54, 1.807) is 0 Å². The highest BCUT2D eigenvalue weighted by molar-refractivity contribution is 5.97. The van der Waals surface area contributed by atoms with Gasteiger partial charge in [-0.3, -0.25) is 4.79 Å². The number of phenols is 1. The Morgan fingerprint density at radius 2 is 1.95 bits per heavy atom. The normalized spacial score (nSPS) is 16.9. The number of carbonyl (C=O) groups excluding carboxylic acids is 1. The van der Waals surface area contributed by atoms with Crippen molar-refractivity contribution in [2.24, 2.45) is 11.1 Å². The van der Waals surface area contributed by atoms with Gasteiger partial charge in [-0.05, 0) is 25.0 Å². The number of benzene rings is 1. The quantitative estimate of drug-likeness (QED) is 0.667. The molecule has 1 aromatic carbocycles. The van der Waals surface area contributed by atoms with Crippen LogP contribution in [0, 0.1) is 5.41 Å². The molecule has 20 heavy (non-hydrogen) atoms. The molecule has 1 fully saturated rings. The van der Waals surface area contributed by atoms with Gasteiger partial charge in [0.2, 0.25) is 5.91 Å². The number of carboxylic acids is 1. The van der Waals surface area contributed by atoms with E-state index in [4.69, 9.17) is 10.8 Å². The fourth-order valence-electron chi connectivity index (χ4n) is 2.63. The number of aromatic hydroxyl groups is 1. The Balaban J connectivity index is 2.16. The molecular weight excluding hydrogens is 260 g/mol. The summed E-state index contributed by atoms with van der Waals surface area (Å²) in [6, 6.07) is 3.96. The lowest BCUT2D eigenvalue weighted by Gasteiger charge is -2.25. The summed E-state index contributed by atoms with van der Waals surface area (Å²) in [5.74, 6) is -1.75. The number of nitrogens with two attached hydrogens (primary N) is 1. The highest BCUT2D eigenvalue weighted by atomic mass is 16.4. The molecule has 0 aromatic heterocycles. The second kappa shape index (κ2) is 5.50. The first-order valence-electron chi connectivity index (χ1n) is 6.56. The molecule has 6 heteroatoms. The molecule has 1 saturated carbocycles. The van der Waals surface area contributed by atoms with E-state index in [9.17, 15) is 14.7 Å². The number of anilines is 1. The minimum Gasteiger partial charge on any atom is -0.507 e. The summed E-state index contributed by atoms with van der Waals surface area (Å²) >= 11 is 0. The zero-order valence-corrected chi connectivity index (χ0v) is 11.1. The molecule has 6 nitrogen and oxygen atoms in total. The van der Waals surface area contributed by atoms with Crippen LogP contribution < -0.4 is 11.1 Å². The SMILES string of the molecule is NCC1(C(=O)Nc2ccc(C(=O)O)c(O)c2)CCCC1. The van der Waals surface area contributed by atoms with Gasteiger partial charge in [-0.2, -0.15) is 0 Å². The molecule has 1 aromatic rings. The van der Waals surface area contributed by atoms with Crippen molar-refractivity contribution in [2.75, 3.05) is 11.9 Å². The van der Waals surface area contributed by atoms with Gasteiger partial charge in [-0.15, -0.1) is 0 Å². The van der Waals surface area contributed by atoms with Crippen molar-refractivity contribution in [1.82, 2.24) is 0 Å². The fourth-order valence-corrected chi connectivity index (χ4v) is 2.63. The van der Waals surface area contributed by atoms with Gasteiger partial charge in [0.1, 0.15) is 11.3 Å². The summed E-state index contributed by atoms with van der Waals surface area (Å²) in [5, 5.41) is 21.1. The van der Waals surface area contributed by atoms with Crippen LogP contribution in [0.3, 0.4) is 0 Å². The van der Waals surface area contributed by atoms with Crippen LogP contribution in [-0.2, 0) is 4.79 Å². The monoisotopic (exact) mass is 278 g/mol. The van der Waals surface area contributed by atoms with E-state index in [0.717, 1.165) is 25.7 Å². The third-order valence-corrected chi connectivity index (χ3v) is 3.92. The van der Waals surface area contributed by atoms with Gasteiger partial charge in [0.05, 0.1) is 5.41 Å². The Bertz CT molecular complexity index is 536. The van der Waals surface area contributed by atoms with E-state index in [-0.39, 0.29) is 23.8 Å². The van der Waals surface area contributed by atoms with Gasteiger partial charge in [0.15, 0.2) is 0 Å². The molecule has 108 valence electrons. The number of aromatic carboxylic acids is 1. The summed E-state index contributed by atoms with van der Waals surface area (Å²) < 4.78 is 0. The number of nitrogens with one attached hydrogen (secondary N) is 1. The van der Waals surface area contributed by atoms with E-state index in [0.29, 0.717) is 5.69 Å². The minimum atomic E-state index is -1.21. The molecule has 0 radical (unpaired) electrons. The first-order valence-corrected chi connectivity index (χ1v) is 6.56. The van der Waals surface area contributed by atoms with Crippen LogP contribution in [0.4, 0.5) is 5.69 Å². The number of hydrogen-bond acceptors (Lipinski definition) is 4. The van der Waals surface area contributed by atoms with Crippen LogP contribution in [0.15, 0.2) is 18.2 Å². The third-order valence-electron chi connectivity index (χ3n) is 3.92. The Morgan fingerprint density at radius 1 is 1.30 bits per heavy atom. The number of carbonyl (C=O) groups is 2. The van der Waals surface area contributed by atoms with Gasteiger partial charge in [0, 0.05) is 18.3 Å². The van der Waals surface area contributed by atoms with E-state index in [1.165, 1.54) is 18.2 Å².